The monoisotopic (exact) mass is 394 g/mol. The zero-order valence-corrected chi connectivity index (χ0v) is 16.0. The Labute approximate surface area is 160 Å². The van der Waals surface area contributed by atoms with Crippen molar-refractivity contribution in [3.05, 3.63) is 40.4 Å². The minimum absolute atomic E-state index is 0.000800. The van der Waals surface area contributed by atoms with Crippen LogP contribution in [0.4, 0.5) is 4.39 Å². The summed E-state index contributed by atoms with van der Waals surface area (Å²) in [5.41, 5.74) is 6.04. The molecule has 0 spiro atoms. The highest BCUT2D eigenvalue weighted by atomic mass is 35.5. The second kappa shape index (κ2) is 7.66. The molecule has 0 saturated carbocycles. The van der Waals surface area contributed by atoms with Crippen LogP contribution in [0.3, 0.4) is 0 Å². The summed E-state index contributed by atoms with van der Waals surface area (Å²) >= 11 is 6.09. The lowest BCUT2D eigenvalue weighted by Gasteiger charge is -2.35. The van der Waals surface area contributed by atoms with E-state index < -0.39 is 11.7 Å². The van der Waals surface area contributed by atoms with Gasteiger partial charge in [-0.15, -0.1) is 0 Å². The van der Waals surface area contributed by atoms with Gasteiger partial charge in [0.15, 0.2) is 5.96 Å². The van der Waals surface area contributed by atoms with Crippen LogP contribution in [0, 0.1) is 12.7 Å². The Morgan fingerprint density at radius 2 is 2.04 bits per heavy atom. The zero-order valence-electron chi connectivity index (χ0n) is 15.2. The van der Waals surface area contributed by atoms with Crippen molar-refractivity contribution in [2.24, 2.45) is 10.7 Å². The third kappa shape index (κ3) is 3.96. The first-order valence-corrected chi connectivity index (χ1v) is 8.85. The summed E-state index contributed by atoms with van der Waals surface area (Å²) in [6.45, 7) is 6.41. The summed E-state index contributed by atoms with van der Waals surface area (Å²) in [6.07, 6.45) is -0.0783. The highest BCUT2D eigenvalue weighted by Crippen LogP contribution is 2.33. The number of guanidine groups is 1. The summed E-state index contributed by atoms with van der Waals surface area (Å²) < 4.78 is 25.0. The van der Waals surface area contributed by atoms with Crippen molar-refractivity contribution in [3.63, 3.8) is 0 Å². The van der Waals surface area contributed by atoms with Crippen LogP contribution in [0.25, 0.3) is 11.3 Å². The average Bonchev–Trinajstić information content (AvgIpc) is 2.95. The fourth-order valence-corrected chi connectivity index (χ4v) is 3.37. The van der Waals surface area contributed by atoms with Crippen LogP contribution in [-0.2, 0) is 4.74 Å². The lowest BCUT2D eigenvalue weighted by molar-refractivity contribution is -0.0483. The van der Waals surface area contributed by atoms with Gasteiger partial charge in [0, 0.05) is 13.1 Å². The summed E-state index contributed by atoms with van der Waals surface area (Å²) in [6, 6.07) is 4.20. The molecule has 0 radical (unpaired) electrons. The predicted molar refractivity (Wildman–Crippen MR) is 99.2 cm³/mol. The second-order valence-electron chi connectivity index (χ2n) is 6.50. The largest absolute Gasteiger partial charge is 0.372 e. The summed E-state index contributed by atoms with van der Waals surface area (Å²) in [5.74, 6) is -1.02. The first-order chi connectivity index (χ1) is 12.8. The molecule has 2 aromatic rings. The molecule has 1 aliphatic heterocycles. The summed E-state index contributed by atoms with van der Waals surface area (Å²) in [4.78, 5) is 18.5. The zero-order chi connectivity index (χ0) is 19.7. The number of carbonyl (C=O) groups excluding carboxylic acids is 1. The molecule has 0 aliphatic carbocycles. The van der Waals surface area contributed by atoms with Crippen LogP contribution in [0.5, 0.6) is 0 Å². The smallest absolute Gasteiger partial charge is 0.286 e. The molecule has 2 N–H and O–H groups in total. The number of halogens is 2. The van der Waals surface area contributed by atoms with Crippen LogP contribution >= 0.6 is 11.6 Å². The molecule has 1 saturated heterocycles. The highest BCUT2D eigenvalue weighted by Gasteiger charge is 2.27. The van der Waals surface area contributed by atoms with Crippen LogP contribution < -0.4 is 5.73 Å². The Kier molecular flexibility index (Phi) is 5.48. The van der Waals surface area contributed by atoms with Crippen molar-refractivity contribution in [1.82, 2.24) is 10.1 Å². The molecule has 1 aliphatic rings. The van der Waals surface area contributed by atoms with Crippen LogP contribution in [0.2, 0.25) is 5.02 Å². The van der Waals surface area contributed by atoms with Gasteiger partial charge in [-0.25, -0.2) is 4.39 Å². The average molecular weight is 395 g/mol. The molecule has 1 aromatic carbocycles. The first-order valence-electron chi connectivity index (χ1n) is 8.47. The van der Waals surface area contributed by atoms with Gasteiger partial charge in [-0.3, -0.25) is 4.79 Å². The molecule has 0 unspecified atom stereocenters. The number of amides is 1. The lowest BCUT2D eigenvalue weighted by Crippen LogP contribution is -2.51. The highest BCUT2D eigenvalue weighted by molar-refractivity contribution is 6.33. The van der Waals surface area contributed by atoms with Gasteiger partial charge in [0.05, 0.1) is 22.8 Å². The number of nitrogens with two attached hydrogens (primary N) is 1. The van der Waals surface area contributed by atoms with E-state index in [2.05, 4.69) is 10.1 Å². The van der Waals surface area contributed by atoms with Crippen LogP contribution in [0.15, 0.2) is 27.7 Å². The van der Waals surface area contributed by atoms with Gasteiger partial charge in [-0.2, -0.15) is 4.99 Å². The second-order valence-corrected chi connectivity index (χ2v) is 6.90. The van der Waals surface area contributed by atoms with E-state index in [1.165, 1.54) is 18.2 Å². The number of benzene rings is 1. The Hall–Kier alpha value is -2.45. The van der Waals surface area contributed by atoms with E-state index in [4.69, 9.17) is 26.6 Å². The van der Waals surface area contributed by atoms with Crippen molar-refractivity contribution in [2.75, 3.05) is 13.1 Å². The molecule has 0 bridgehead atoms. The summed E-state index contributed by atoms with van der Waals surface area (Å²) in [5, 5.41) is 3.92. The number of ether oxygens (including phenoxy) is 1. The van der Waals surface area contributed by atoms with E-state index in [1.807, 2.05) is 13.8 Å². The number of hydrogen-bond donors (Lipinski definition) is 1. The van der Waals surface area contributed by atoms with E-state index in [0.29, 0.717) is 13.1 Å². The fraction of sp³-hybridized carbons (Fsp3) is 0.389. The number of aromatic nitrogens is 1. The molecule has 3 rings (SSSR count). The standard InChI is InChI=1S/C18H20ClFN4O3/c1-9-7-24(8-10(2)26-9)18(21)22-17(25)14-11(3)27-23-16(14)15-12(19)5-4-6-13(15)20/h4-6,9-10H,7-8H2,1-3H3,(H2,21,22,25)/t9-,10-/m1/s1. The van der Waals surface area contributed by atoms with Crippen LogP contribution in [0.1, 0.15) is 30.0 Å². The number of hydrogen-bond acceptors (Lipinski definition) is 4. The minimum Gasteiger partial charge on any atom is -0.372 e. The van der Waals surface area contributed by atoms with E-state index in [0.717, 1.165) is 0 Å². The van der Waals surface area contributed by atoms with Gasteiger partial charge in [-0.1, -0.05) is 22.8 Å². The quantitative estimate of drug-likeness (QED) is 0.621. The summed E-state index contributed by atoms with van der Waals surface area (Å²) in [7, 11) is 0. The molecule has 1 amide bonds. The number of nitrogens with zero attached hydrogens (tertiary/aromatic N) is 3. The molecular weight excluding hydrogens is 375 g/mol. The third-order valence-electron chi connectivity index (χ3n) is 4.24. The van der Waals surface area contributed by atoms with Crippen molar-refractivity contribution >= 4 is 23.5 Å². The van der Waals surface area contributed by atoms with E-state index >= 15 is 0 Å². The number of morpholine rings is 1. The molecule has 1 aromatic heterocycles. The Morgan fingerprint density at radius 1 is 1.37 bits per heavy atom. The number of aryl methyl sites for hydroxylation is 1. The van der Waals surface area contributed by atoms with Crippen LogP contribution in [-0.4, -0.2) is 47.2 Å². The maximum absolute atomic E-state index is 14.3. The van der Waals surface area contributed by atoms with Crippen molar-refractivity contribution in [2.45, 2.75) is 33.0 Å². The molecule has 9 heteroatoms. The number of rotatable bonds is 2. The van der Waals surface area contributed by atoms with Gasteiger partial charge >= 0.3 is 0 Å². The molecule has 144 valence electrons. The van der Waals surface area contributed by atoms with Gasteiger partial charge in [0.1, 0.15) is 22.8 Å². The Bertz CT molecular complexity index is 868. The normalized spacial score (nSPS) is 20.8. The van der Waals surface area contributed by atoms with E-state index in [-0.39, 0.29) is 45.8 Å². The minimum atomic E-state index is -0.674. The molecule has 2 atom stereocenters. The molecule has 27 heavy (non-hydrogen) atoms. The topological polar surface area (TPSA) is 94.0 Å². The van der Waals surface area contributed by atoms with Crippen molar-refractivity contribution in [1.29, 1.82) is 0 Å². The van der Waals surface area contributed by atoms with Gasteiger partial charge in [0.25, 0.3) is 5.91 Å². The Morgan fingerprint density at radius 3 is 2.67 bits per heavy atom. The maximum atomic E-state index is 14.3. The van der Waals surface area contributed by atoms with E-state index in [1.54, 1.807) is 11.8 Å². The van der Waals surface area contributed by atoms with Gasteiger partial charge < -0.3 is 19.9 Å². The molecular formula is C18H20ClFN4O3. The van der Waals surface area contributed by atoms with Crippen molar-refractivity contribution < 1.29 is 18.4 Å². The number of aliphatic imine (C=N–C) groups is 1. The number of carbonyl (C=O) groups is 1. The SMILES string of the molecule is Cc1onc(-c2c(F)cccc2Cl)c1C(=O)N=C(N)N1C[C@@H](C)O[C@H](C)C1. The first kappa shape index (κ1) is 19.3. The van der Waals surface area contributed by atoms with Gasteiger partial charge in [-0.05, 0) is 32.9 Å². The van der Waals surface area contributed by atoms with E-state index in [9.17, 15) is 9.18 Å². The van der Waals surface area contributed by atoms with Gasteiger partial charge in [0.2, 0.25) is 0 Å². The third-order valence-corrected chi connectivity index (χ3v) is 4.55. The Balaban J connectivity index is 1.95. The fourth-order valence-electron chi connectivity index (χ4n) is 3.11. The molecule has 2 heterocycles. The molecule has 7 nitrogen and oxygen atoms in total. The molecule has 1 fully saturated rings. The predicted octanol–water partition coefficient (Wildman–Crippen LogP) is 3.01. The lowest BCUT2D eigenvalue weighted by atomic mass is 10.1. The maximum Gasteiger partial charge on any atom is 0.286 e. The van der Waals surface area contributed by atoms with Crippen molar-refractivity contribution in [3.8, 4) is 11.3 Å².